The first kappa shape index (κ1) is 24.9. The number of halogens is 3. The van der Waals surface area contributed by atoms with Crippen LogP contribution in [0.1, 0.15) is 12.5 Å². The molecule has 0 saturated heterocycles. The summed E-state index contributed by atoms with van der Waals surface area (Å²) in [6.07, 6.45) is -0.278. The summed E-state index contributed by atoms with van der Waals surface area (Å²) in [4.78, 5) is 22.5. The third-order valence-electron chi connectivity index (χ3n) is 3.95. The van der Waals surface area contributed by atoms with Gasteiger partial charge in [-0.3, -0.25) is 14.9 Å². The molecular formula is C19H19Cl3N4O4S. The number of benzene rings is 2. The zero-order valence-corrected chi connectivity index (χ0v) is 19.3. The molecule has 31 heavy (non-hydrogen) atoms. The maximum Gasteiger partial charge on any atom is 0.269 e. The van der Waals surface area contributed by atoms with Crippen LogP contribution in [0.25, 0.3) is 0 Å². The van der Waals surface area contributed by atoms with Crippen LogP contribution in [0, 0.1) is 10.1 Å². The van der Waals surface area contributed by atoms with Gasteiger partial charge in [-0.15, -0.1) is 0 Å². The number of ether oxygens (including phenoxy) is 1. The number of amides is 1. The monoisotopic (exact) mass is 504 g/mol. The number of hydrogen-bond donors (Lipinski definition) is 3. The number of rotatable bonds is 8. The van der Waals surface area contributed by atoms with Gasteiger partial charge in [-0.2, -0.15) is 0 Å². The predicted molar refractivity (Wildman–Crippen MR) is 126 cm³/mol. The van der Waals surface area contributed by atoms with Crippen molar-refractivity contribution < 1.29 is 14.5 Å². The fourth-order valence-electron chi connectivity index (χ4n) is 2.34. The Bertz CT molecular complexity index is 921. The molecule has 0 heterocycles. The summed E-state index contributed by atoms with van der Waals surface area (Å²) < 4.78 is 3.51. The van der Waals surface area contributed by atoms with Crippen LogP contribution in [0.2, 0.25) is 0 Å². The van der Waals surface area contributed by atoms with Crippen LogP contribution >= 0.6 is 47.0 Å². The van der Waals surface area contributed by atoms with Gasteiger partial charge in [0.2, 0.25) is 3.79 Å². The Hall–Kier alpha value is -2.33. The molecule has 2 aromatic carbocycles. The number of thiocarbonyl (C=S) groups is 1. The van der Waals surface area contributed by atoms with Crippen molar-refractivity contribution in [2.24, 2.45) is 0 Å². The minimum absolute atomic E-state index is 0.0292. The Morgan fingerprint density at radius 2 is 1.74 bits per heavy atom. The summed E-state index contributed by atoms with van der Waals surface area (Å²) in [6.45, 7) is 1.74. The summed E-state index contributed by atoms with van der Waals surface area (Å²) >= 11 is 23.0. The maximum absolute atomic E-state index is 12.3. The fourth-order valence-corrected chi connectivity index (χ4v) is 2.90. The molecule has 0 radical (unpaired) electrons. The van der Waals surface area contributed by atoms with Crippen molar-refractivity contribution >= 4 is 69.4 Å². The van der Waals surface area contributed by atoms with Crippen molar-refractivity contribution in [2.45, 2.75) is 23.3 Å². The van der Waals surface area contributed by atoms with Gasteiger partial charge in [0, 0.05) is 17.8 Å². The van der Waals surface area contributed by atoms with Crippen molar-refractivity contribution in [3.63, 3.8) is 0 Å². The van der Waals surface area contributed by atoms with Gasteiger partial charge in [-0.05, 0) is 48.5 Å². The number of nitrogens with one attached hydrogen (secondary N) is 3. The Morgan fingerprint density at radius 1 is 1.13 bits per heavy atom. The largest absolute Gasteiger partial charge is 0.484 e. The molecule has 0 aliphatic rings. The highest BCUT2D eigenvalue weighted by molar-refractivity contribution is 7.80. The van der Waals surface area contributed by atoms with E-state index in [1.54, 1.807) is 12.1 Å². The van der Waals surface area contributed by atoms with Crippen LogP contribution in [-0.2, 0) is 11.2 Å². The molecular weight excluding hydrogens is 487 g/mol. The molecule has 1 atom stereocenters. The first-order valence-electron chi connectivity index (χ1n) is 8.98. The van der Waals surface area contributed by atoms with Gasteiger partial charge in [0.05, 0.1) is 4.92 Å². The lowest BCUT2D eigenvalue weighted by atomic mass is 10.2. The maximum atomic E-state index is 12.3. The van der Waals surface area contributed by atoms with Crippen molar-refractivity contribution in [2.75, 3.05) is 11.9 Å². The molecule has 0 aliphatic heterocycles. The first-order chi connectivity index (χ1) is 14.6. The number of non-ortho nitro benzene ring substituents is 1. The smallest absolute Gasteiger partial charge is 0.269 e. The van der Waals surface area contributed by atoms with E-state index in [9.17, 15) is 14.9 Å². The minimum atomic E-state index is -1.93. The molecule has 0 aliphatic carbocycles. The summed E-state index contributed by atoms with van der Waals surface area (Å²) in [5.41, 5.74) is 1.54. The standard InChI is InChI=1S/C19H19Cl3N4O4S/c1-2-12-3-9-15(10-4-12)30-11-16(27)24-17(19(20,21)22)25-18(31)23-13-5-7-14(8-6-13)26(28)29/h3-10,17H,2,11H2,1H3,(H,24,27)(H2,23,25,31)/t17-/m1/s1. The van der Waals surface area contributed by atoms with Gasteiger partial charge < -0.3 is 20.7 Å². The van der Waals surface area contributed by atoms with Gasteiger partial charge in [0.15, 0.2) is 11.7 Å². The Kier molecular flexibility index (Phi) is 9.12. The van der Waals surface area contributed by atoms with Crippen LogP contribution in [0.4, 0.5) is 11.4 Å². The van der Waals surface area contributed by atoms with E-state index in [0.29, 0.717) is 11.4 Å². The predicted octanol–water partition coefficient (Wildman–Crippen LogP) is 4.34. The van der Waals surface area contributed by atoms with Crippen molar-refractivity contribution in [3.05, 3.63) is 64.2 Å². The lowest BCUT2D eigenvalue weighted by Crippen LogP contribution is -2.56. The molecule has 0 bridgehead atoms. The lowest BCUT2D eigenvalue weighted by molar-refractivity contribution is -0.384. The van der Waals surface area contributed by atoms with Crippen LogP contribution < -0.4 is 20.7 Å². The van der Waals surface area contributed by atoms with E-state index in [-0.39, 0.29) is 17.4 Å². The normalized spacial score (nSPS) is 11.9. The summed E-state index contributed by atoms with van der Waals surface area (Å²) in [6, 6.07) is 12.9. The van der Waals surface area contributed by atoms with Crippen molar-refractivity contribution in [3.8, 4) is 5.75 Å². The second-order valence-corrected chi connectivity index (χ2v) is 9.01. The number of nitro benzene ring substituents is 1. The highest BCUT2D eigenvalue weighted by Gasteiger charge is 2.34. The zero-order chi connectivity index (χ0) is 23.0. The minimum Gasteiger partial charge on any atom is -0.484 e. The number of aryl methyl sites for hydroxylation is 1. The molecule has 1 amide bonds. The van der Waals surface area contributed by atoms with Gasteiger partial charge in [0.25, 0.3) is 11.6 Å². The Labute approximate surface area is 199 Å². The van der Waals surface area contributed by atoms with E-state index in [0.717, 1.165) is 12.0 Å². The molecule has 0 unspecified atom stereocenters. The highest BCUT2D eigenvalue weighted by Crippen LogP contribution is 2.29. The van der Waals surface area contributed by atoms with Crippen molar-refractivity contribution in [1.82, 2.24) is 10.6 Å². The third-order valence-corrected chi connectivity index (χ3v) is 4.82. The third kappa shape index (κ3) is 8.37. The first-order valence-corrected chi connectivity index (χ1v) is 10.5. The van der Waals surface area contributed by atoms with Crippen LogP contribution in [0.15, 0.2) is 48.5 Å². The van der Waals surface area contributed by atoms with E-state index in [1.807, 2.05) is 19.1 Å². The number of anilines is 1. The van der Waals surface area contributed by atoms with E-state index in [2.05, 4.69) is 16.0 Å². The molecule has 2 rings (SSSR count). The number of nitro groups is 1. The number of carbonyl (C=O) groups is 1. The Balaban J connectivity index is 1.92. The van der Waals surface area contributed by atoms with Gasteiger partial charge in [-0.25, -0.2) is 0 Å². The average molecular weight is 506 g/mol. The van der Waals surface area contributed by atoms with E-state index in [4.69, 9.17) is 51.8 Å². The molecule has 3 N–H and O–H groups in total. The SMILES string of the molecule is CCc1ccc(OCC(=O)N[C@H](NC(=S)Nc2ccc([N+](=O)[O-])cc2)C(Cl)(Cl)Cl)cc1. The topological polar surface area (TPSA) is 106 Å². The van der Waals surface area contributed by atoms with Crippen LogP contribution in [0.5, 0.6) is 5.75 Å². The van der Waals surface area contributed by atoms with Gasteiger partial charge >= 0.3 is 0 Å². The Morgan fingerprint density at radius 3 is 2.26 bits per heavy atom. The second kappa shape index (κ2) is 11.3. The molecule has 0 saturated carbocycles. The lowest BCUT2D eigenvalue weighted by Gasteiger charge is -2.27. The summed E-state index contributed by atoms with van der Waals surface area (Å²) in [5, 5.41) is 18.7. The molecule has 166 valence electrons. The average Bonchev–Trinajstić information content (AvgIpc) is 2.72. The van der Waals surface area contributed by atoms with Gasteiger partial charge in [-0.1, -0.05) is 53.9 Å². The molecule has 2 aromatic rings. The van der Waals surface area contributed by atoms with Crippen LogP contribution in [0.3, 0.4) is 0 Å². The van der Waals surface area contributed by atoms with E-state index >= 15 is 0 Å². The van der Waals surface area contributed by atoms with E-state index < -0.39 is 20.8 Å². The molecule has 8 nitrogen and oxygen atoms in total. The quantitative estimate of drug-likeness (QED) is 0.161. The molecule has 0 fully saturated rings. The van der Waals surface area contributed by atoms with E-state index in [1.165, 1.54) is 24.3 Å². The molecule has 12 heteroatoms. The summed E-state index contributed by atoms with van der Waals surface area (Å²) in [5.74, 6) is -0.0115. The van der Waals surface area contributed by atoms with Crippen molar-refractivity contribution in [1.29, 1.82) is 0 Å². The summed E-state index contributed by atoms with van der Waals surface area (Å²) in [7, 11) is 0. The number of nitrogens with zero attached hydrogens (tertiary/aromatic N) is 1. The number of hydrogen-bond acceptors (Lipinski definition) is 5. The molecule has 0 aromatic heterocycles. The highest BCUT2D eigenvalue weighted by atomic mass is 35.6. The molecule has 0 spiro atoms. The fraction of sp³-hybridized carbons (Fsp3) is 0.263. The van der Waals surface area contributed by atoms with Crippen LogP contribution in [-0.4, -0.2) is 32.5 Å². The second-order valence-electron chi connectivity index (χ2n) is 6.23. The number of alkyl halides is 3. The number of carbonyl (C=O) groups excluding carboxylic acids is 1. The van der Waals surface area contributed by atoms with Gasteiger partial charge in [0.1, 0.15) is 11.9 Å². The zero-order valence-electron chi connectivity index (χ0n) is 16.2.